The second kappa shape index (κ2) is 10.0. The zero-order chi connectivity index (χ0) is 24.3. The normalized spacial score (nSPS) is 16.4. The molecule has 0 spiro atoms. The molecule has 1 saturated heterocycles. The van der Waals surface area contributed by atoms with Crippen LogP contribution in [0.2, 0.25) is 0 Å². The minimum absolute atomic E-state index is 0.0377. The lowest BCUT2D eigenvalue weighted by atomic mass is 10.1. The lowest BCUT2D eigenvalue weighted by molar-refractivity contribution is 0.0730. The van der Waals surface area contributed by atoms with E-state index in [0.717, 1.165) is 28.2 Å². The Labute approximate surface area is 200 Å². The molecule has 11 heteroatoms. The Bertz CT molecular complexity index is 1300. The van der Waals surface area contributed by atoms with Crippen molar-refractivity contribution in [1.82, 2.24) is 9.29 Å². The average Bonchev–Trinajstić information content (AvgIpc) is 3.28. The van der Waals surface area contributed by atoms with E-state index in [0.29, 0.717) is 51.4 Å². The molecule has 2 aliphatic rings. The van der Waals surface area contributed by atoms with Crippen LogP contribution in [-0.2, 0) is 37.4 Å². The highest BCUT2D eigenvalue weighted by molar-refractivity contribution is 7.90. The van der Waals surface area contributed by atoms with E-state index in [-0.39, 0.29) is 10.6 Å². The second-order valence-electron chi connectivity index (χ2n) is 8.35. The zero-order valence-electron chi connectivity index (χ0n) is 19.3. The summed E-state index contributed by atoms with van der Waals surface area (Å²) in [4.78, 5) is 4.95. The maximum Gasteiger partial charge on any atom is 0.243 e. The van der Waals surface area contributed by atoms with Crippen LogP contribution < -0.4 is 10.1 Å². The van der Waals surface area contributed by atoms with Gasteiger partial charge in [-0.1, -0.05) is 18.2 Å². The molecule has 0 unspecified atom stereocenters. The highest BCUT2D eigenvalue weighted by atomic mass is 32.2. The van der Waals surface area contributed by atoms with Gasteiger partial charge >= 0.3 is 0 Å². The van der Waals surface area contributed by atoms with Crippen LogP contribution in [0.3, 0.4) is 0 Å². The van der Waals surface area contributed by atoms with Gasteiger partial charge in [0.05, 0.1) is 36.7 Å². The Morgan fingerprint density at radius 1 is 1.15 bits per heavy atom. The number of methoxy groups -OCH3 is 1. The van der Waals surface area contributed by atoms with Crippen LogP contribution in [0.25, 0.3) is 6.08 Å². The molecule has 1 aliphatic carbocycles. The maximum absolute atomic E-state index is 13.0. The van der Waals surface area contributed by atoms with Gasteiger partial charge in [0.15, 0.2) is 0 Å². The van der Waals surface area contributed by atoms with E-state index >= 15 is 0 Å². The third-order valence-electron chi connectivity index (χ3n) is 5.81. The van der Waals surface area contributed by atoms with Crippen LogP contribution in [0.15, 0.2) is 35.2 Å². The predicted molar refractivity (Wildman–Crippen MR) is 131 cm³/mol. The zero-order valence-corrected chi connectivity index (χ0v) is 20.9. The van der Waals surface area contributed by atoms with E-state index in [1.54, 1.807) is 18.2 Å². The van der Waals surface area contributed by atoms with Crippen molar-refractivity contribution in [3.8, 4) is 5.75 Å². The molecule has 0 bridgehead atoms. The summed E-state index contributed by atoms with van der Waals surface area (Å²) in [5.74, 6) is 0.511. The fraction of sp³-hybridized carbons (Fsp3) is 0.435. The molecule has 1 aromatic carbocycles. The number of nitrogens with one attached hydrogen (secondary N) is 1. The van der Waals surface area contributed by atoms with Crippen LogP contribution in [0.4, 0.5) is 5.69 Å². The molecule has 1 aromatic heterocycles. The number of benzene rings is 1. The summed E-state index contributed by atoms with van der Waals surface area (Å²) >= 11 is 0. The van der Waals surface area contributed by atoms with Crippen molar-refractivity contribution in [3.05, 3.63) is 52.9 Å². The molecule has 184 valence electrons. The molecule has 4 rings (SSSR count). The molecule has 0 saturated carbocycles. The molecule has 34 heavy (non-hydrogen) atoms. The second-order valence-corrected chi connectivity index (χ2v) is 12.5. The van der Waals surface area contributed by atoms with Gasteiger partial charge in [0.25, 0.3) is 0 Å². The van der Waals surface area contributed by atoms with Gasteiger partial charge in [-0.05, 0) is 12.1 Å². The maximum atomic E-state index is 13.0. The van der Waals surface area contributed by atoms with E-state index in [9.17, 15) is 16.8 Å². The highest BCUT2D eigenvalue weighted by Crippen LogP contribution is 2.31. The molecular weight excluding hydrogens is 478 g/mol. The van der Waals surface area contributed by atoms with E-state index in [1.165, 1.54) is 17.7 Å². The lowest BCUT2D eigenvalue weighted by Crippen LogP contribution is -2.40. The third kappa shape index (κ3) is 5.60. The number of fused-ring (bicyclic) bond motifs is 1. The largest absolute Gasteiger partial charge is 0.496 e. The summed E-state index contributed by atoms with van der Waals surface area (Å²) < 4.78 is 61.3. The SMILES string of the molecule is COc1cc(S(=O)(=O)N2CCOCC2)ccc1Cc1cc(NCCS(C)(=O)=O)c2c(n1)CC=C2. The molecule has 2 aromatic rings. The van der Waals surface area contributed by atoms with Gasteiger partial charge in [0.1, 0.15) is 15.6 Å². The van der Waals surface area contributed by atoms with Crippen molar-refractivity contribution in [2.24, 2.45) is 0 Å². The number of aromatic nitrogens is 1. The summed E-state index contributed by atoms with van der Waals surface area (Å²) in [5, 5.41) is 3.22. The van der Waals surface area contributed by atoms with Gasteiger partial charge in [-0.2, -0.15) is 4.31 Å². The van der Waals surface area contributed by atoms with Crippen LogP contribution in [0.5, 0.6) is 5.75 Å². The topological polar surface area (TPSA) is 115 Å². The highest BCUT2D eigenvalue weighted by Gasteiger charge is 2.27. The van der Waals surface area contributed by atoms with Gasteiger partial charge in [-0.15, -0.1) is 0 Å². The van der Waals surface area contributed by atoms with E-state index in [1.807, 2.05) is 18.2 Å². The van der Waals surface area contributed by atoms with Crippen molar-refractivity contribution in [2.75, 3.05) is 57.3 Å². The Hall–Kier alpha value is -2.47. The minimum atomic E-state index is -3.63. The molecule has 1 aliphatic heterocycles. The fourth-order valence-corrected chi connectivity index (χ4v) is 5.96. The Morgan fingerprint density at radius 2 is 1.91 bits per heavy atom. The number of nitrogens with zero attached hydrogens (tertiary/aromatic N) is 2. The van der Waals surface area contributed by atoms with Crippen LogP contribution in [0.1, 0.15) is 22.5 Å². The molecular formula is C23H29N3O6S2. The quantitative estimate of drug-likeness (QED) is 0.546. The standard InChI is InChI=1S/C23H29N3O6S2/c1-31-23-16-19(34(29,30)26-9-11-32-12-10-26)7-6-17(23)14-18-15-22(24-8-13-33(2,27)28)20-4-3-5-21(20)25-18/h3-4,6-7,15-16H,5,8-14H2,1-2H3,(H,24,25). The number of hydrogen-bond donors (Lipinski definition) is 1. The summed E-state index contributed by atoms with van der Waals surface area (Å²) in [6.45, 7) is 1.73. The van der Waals surface area contributed by atoms with Crippen LogP contribution in [-0.4, -0.2) is 78.1 Å². The first kappa shape index (κ1) is 24.6. The van der Waals surface area contributed by atoms with Gasteiger partial charge < -0.3 is 14.8 Å². The number of morpholine rings is 1. The van der Waals surface area contributed by atoms with Crippen molar-refractivity contribution in [2.45, 2.75) is 17.7 Å². The Kier molecular flexibility index (Phi) is 7.27. The number of allylic oxidation sites excluding steroid dienone is 1. The predicted octanol–water partition coefficient (Wildman–Crippen LogP) is 1.73. The Balaban J connectivity index is 1.58. The van der Waals surface area contributed by atoms with E-state index in [4.69, 9.17) is 14.5 Å². The molecule has 2 heterocycles. The number of ether oxygens (including phenoxy) is 2. The fourth-order valence-electron chi connectivity index (χ4n) is 4.07. The summed E-state index contributed by atoms with van der Waals surface area (Å²) in [5.41, 5.74) is 4.32. The first-order valence-electron chi connectivity index (χ1n) is 11.0. The average molecular weight is 508 g/mol. The summed E-state index contributed by atoms with van der Waals surface area (Å²) in [7, 11) is -5.19. The van der Waals surface area contributed by atoms with E-state index in [2.05, 4.69) is 5.32 Å². The number of anilines is 1. The molecule has 1 N–H and O–H groups in total. The first-order valence-corrected chi connectivity index (χ1v) is 14.5. The number of rotatable bonds is 9. The van der Waals surface area contributed by atoms with Gasteiger partial charge in [0.2, 0.25) is 10.0 Å². The van der Waals surface area contributed by atoms with Crippen molar-refractivity contribution in [1.29, 1.82) is 0 Å². The molecule has 0 radical (unpaired) electrons. The van der Waals surface area contributed by atoms with Crippen molar-refractivity contribution in [3.63, 3.8) is 0 Å². The third-order valence-corrected chi connectivity index (χ3v) is 8.65. The number of sulfone groups is 1. The monoisotopic (exact) mass is 507 g/mol. The van der Waals surface area contributed by atoms with Crippen LogP contribution >= 0.6 is 0 Å². The summed E-state index contributed by atoms with van der Waals surface area (Å²) in [6, 6.07) is 6.83. The number of sulfonamides is 1. The van der Waals surface area contributed by atoms with Gasteiger partial charge in [-0.3, -0.25) is 4.98 Å². The Morgan fingerprint density at radius 3 is 2.62 bits per heavy atom. The van der Waals surface area contributed by atoms with Crippen molar-refractivity contribution >= 4 is 31.6 Å². The van der Waals surface area contributed by atoms with E-state index < -0.39 is 19.9 Å². The summed E-state index contributed by atoms with van der Waals surface area (Å²) in [6.07, 6.45) is 6.37. The van der Waals surface area contributed by atoms with Crippen molar-refractivity contribution < 1.29 is 26.3 Å². The smallest absolute Gasteiger partial charge is 0.243 e. The number of pyridine rings is 1. The molecule has 1 fully saturated rings. The van der Waals surface area contributed by atoms with Gasteiger partial charge in [0, 0.05) is 67.3 Å². The molecule has 0 atom stereocenters. The first-order chi connectivity index (χ1) is 16.2. The van der Waals surface area contributed by atoms with Crippen LogP contribution in [0, 0.1) is 0 Å². The lowest BCUT2D eigenvalue weighted by Gasteiger charge is -2.26. The van der Waals surface area contributed by atoms with Gasteiger partial charge in [-0.25, -0.2) is 16.8 Å². The molecule has 9 nitrogen and oxygen atoms in total. The number of hydrogen-bond acceptors (Lipinski definition) is 8. The molecule has 0 amide bonds. The minimum Gasteiger partial charge on any atom is -0.496 e.